The summed E-state index contributed by atoms with van der Waals surface area (Å²) in [6.07, 6.45) is -0.712. The number of carbonyl (C=O) groups is 1. The fourth-order valence-corrected chi connectivity index (χ4v) is 1.32. The number of hydrogen-bond acceptors (Lipinski definition) is 2. The highest BCUT2D eigenvalue weighted by atomic mass is 35.6. The molecule has 0 aliphatic carbocycles. The molecular formula is C10H9Cl4NO2. The molecule has 0 bridgehead atoms. The third-order valence-electron chi connectivity index (χ3n) is 1.79. The van der Waals surface area contributed by atoms with E-state index in [1.165, 1.54) is 0 Å². The summed E-state index contributed by atoms with van der Waals surface area (Å²) in [4.78, 5) is 11.3. The van der Waals surface area contributed by atoms with Gasteiger partial charge >= 0.3 is 6.09 Å². The minimum absolute atomic E-state index is 0.330. The molecule has 0 radical (unpaired) electrons. The second kappa shape index (κ2) is 6.01. The third-order valence-corrected chi connectivity index (χ3v) is 2.52. The molecule has 0 saturated carbocycles. The van der Waals surface area contributed by atoms with Gasteiger partial charge < -0.3 is 4.74 Å². The first-order valence-electron chi connectivity index (χ1n) is 4.54. The number of carbonyl (C=O) groups excluding carboxylic acids is 1. The Hall–Kier alpha value is -0.350. The van der Waals surface area contributed by atoms with Gasteiger partial charge in [-0.25, -0.2) is 4.79 Å². The molecule has 7 heteroatoms. The molecule has 1 rings (SSSR count). The number of amides is 1. The van der Waals surface area contributed by atoms with Crippen molar-refractivity contribution < 1.29 is 9.53 Å². The lowest BCUT2D eigenvalue weighted by molar-refractivity contribution is 0.164. The summed E-state index contributed by atoms with van der Waals surface area (Å²) >= 11 is 22.2. The molecule has 94 valence electrons. The molecule has 17 heavy (non-hydrogen) atoms. The number of aryl methyl sites for hydroxylation is 1. The van der Waals surface area contributed by atoms with E-state index in [1.54, 1.807) is 18.2 Å². The van der Waals surface area contributed by atoms with E-state index >= 15 is 0 Å². The maximum Gasteiger partial charge on any atom is 0.411 e. The fourth-order valence-electron chi connectivity index (χ4n) is 0.972. The Morgan fingerprint density at radius 1 is 1.41 bits per heavy atom. The normalized spacial score (nSPS) is 11.1. The van der Waals surface area contributed by atoms with Crippen LogP contribution < -0.4 is 5.32 Å². The lowest BCUT2D eigenvalue weighted by Crippen LogP contribution is -2.21. The van der Waals surface area contributed by atoms with E-state index in [0.29, 0.717) is 10.7 Å². The Morgan fingerprint density at radius 2 is 2.06 bits per heavy atom. The summed E-state index contributed by atoms with van der Waals surface area (Å²) in [5.41, 5.74) is 1.42. The van der Waals surface area contributed by atoms with Gasteiger partial charge in [-0.3, -0.25) is 5.32 Å². The van der Waals surface area contributed by atoms with Crippen molar-refractivity contribution in [3.05, 3.63) is 28.8 Å². The van der Waals surface area contributed by atoms with Gasteiger partial charge in [0.1, 0.15) is 6.61 Å². The molecule has 0 aliphatic heterocycles. The van der Waals surface area contributed by atoms with Crippen LogP contribution in [-0.4, -0.2) is 16.5 Å². The zero-order valence-corrected chi connectivity index (χ0v) is 11.8. The predicted octanol–water partition coefficient (Wildman–Crippen LogP) is 4.57. The zero-order valence-electron chi connectivity index (χ0n) is 8.77. The highest BCUT2D eigenvalue weighted by Gasteiger charge is 2.22. The van der Waals surface area contributed by atoms with E-state index in [0.717, 1.165) is 5.56 Å². The summed E-state index contributed by atoms with van der Waals surface area (Å²) in [5.74, 6) is 0. The zero-order chi connectivity index (χ0) is 13.1. The lowest BCUT2D eigenvalue weighted by Gasteiger charge is -2.12. The first-order valence-corrected chi connectivity index (χ1v) is 6.06. The van der Waals surface area contributed by atoms with Crippen molar-refractivity contribution in [2.75, 3.05) is 11.9 Å². The van der Waals surface area contributed by atoms with Crippen molar-refractivity contribution >= 4 is 58.2 Å². The molecule has 0 saturated heterocycles. The number of anilines is 1. The minimum atomic E-state index is -1.62. The molecule has 0 aromatic heterocycles. The molecule has 3 nitrogen and oxygen atoms in total. The first kappa shape index (κ1) is 14.7. The Morgan fingerprint density at radius 3 is 2.59 bits per heavy atom. The number of halogens is 4. The van der Waals surface area contributed by atoms with Crippen LogP contribution in [0, 0.1) is 6.92 Å². The van der Waals surface area contributed by atoms with Crippen molar-refractivity contribution in [1.82, 2.24) is 0 Å². The van der Waals surface area contributed by atoms with Gasteiger partial charge in [0, 0.05) is 10.7 Å². The molecule has 1 aromatic rings. The molecule has 1 N–H and O–H groups in total. The van der Waals surface area contributed by atoms with E-state index in [9.17, 15) is 4.79 Å². The van der Waals surface area contributed by atoms with E-state index in [1.807, 2.05) is 6.92 Å². The van der Waals surface area contributed by atoms with Gasteiger partial charge in [0.15, 0.2) is 0 Å². The van der Waals surface area contributed by atoms with E-state index in [4.69, 9.17) is 51.1 Å². The largest absolute Gasteiger partial charge is 0.445 e. The Labute approximate surface area is 119 Å². The second-order valence-corrected chi connectivity index (χ2v) is 6.20. The van der Waals surface area contributed by atoms with Gasteiger partial charge in [-0.15, -0.1) is 0 Å². The molecule has 1 amide bonds. The summed E-state index contributed by atoms with van der Waals surface area (Å²) in [7, 11) is 0. The van der Waals surface area contributed by atoms with Crippen molar-refractivity contribution in [2.24, 2.45) is 0 Å². The third kappa shape index (κ3) is 5.68. The van der Waals surface area contributed by atoms with Gasteiger partial charge in [-0.1, -0.05) is 52.5 Å². The van der Waals surface area contributed by atoms with Crippen LogP contribution in [0.1, 0.15) is 5.56 Å². The summed E-state index contributed by atoms with van der Waals surface area (Å²) in [6.45, 7) is 1.52. The van der Waals surface area contributed by atoms with Crippen LogP contribution >= 0.6 is 46.4 Å². The first-order chi connectivity index (χ1) is 7.78. The predicted molar refractivity (Wildman–Crippen MR) is 71.4 cm³/mol. The van der Waals surface area contributed by atoms with Crippen LogP contribution in [0.4, 0.5) is 10.5 Å². The highest BCUT2D eigenvalue weighted by molar-refractivity contribution is 6.67. The lowest BCUT2D eigenvalue weighted by atomic mass is 10.2. The maximum absolute atomic E-state index is 11.3. The molecule has 0 heterocycles. The quantitative estimate of drug-likeness (QED) is 0.812. The fraction of sp³-hybridized carbons (Fsp3) is 0.300. The molecule has 0 unspecified atom stereocenters. The van der Waals surface area contributed by atoms with Crippen molar-refractivity contribution in [3.8, 4) is 0 Å². The Kier molecular flexibility index (Phi) is 5.20. The van der Waals surface area contributed by atoms with Crippen molar-refractivity contribution in [3.63, 3.8) is 0 Å². The Balaban J connectivity index is 2.54. The highest BCUT2D eigenvalue weighted by Crippen LogP contribution is 2.26. The van der Waals surface area contributed by atoms with Gasteiger partial charge in [0.2, 0.25) is 3.79 Å². The average molecular weight is 317 g/mol. The molecule has 1 aromatic carbocycles. The van der Waals surface area contributed by atoms with Crippen LogP contribution in [0.25, 0.3) is 0 Å². The van der Waals surface area contributed by atoms with Gasteiger partial charge in [0.05, 0.1) is 0 Å². The Bertz CT molecular complexity index is 417. The van der Waals surface area contributed by atoms with E-state index < -0.39 is 9.89 Å². The number of hydrogen-bond donors (Lipinski definition) is 1. The second-order valence-electron chi connectivity index (χ2n) is 3.28. The van der Waals surface area contributed by atoms with Gasteiger partial charge in [0.25, 0.3) is 0 Å². The molecule has 0 aliphatic rings. The SMILES string of the molecule is Cc1ccc(NC(=O)OCC(Cl)(Cl)Cl)cc1Cl. The monoisotopic (exact) mass is 315 g/mol. The van der Waals surface area contributed by atoms with E-state index in [2.05, 4.69) is 5.32 Å². The summed E-state index contributed by atoms with van der Waals surface area (Å²) in [6, 6.07) is 5.07. The molecular weight excluding hydrogens is 308 g/mol. The van der Waals surface area contributed by atoms with Crippen molar-refractivity contribution in [1.29, 1.82) is 0 Å². The van der Waals surface area contributed by atoms with Crippen LogP contribution in [0.3, 0.4) is 0 Å². The van der Waals surface area contributed by atoms with Crippen molar-refractivity contribution in [2.45, 2.75) is 10.7 Å². The van der Waals surface area contributed by atoms with Crippen LogP contribution in [0.15, 0.2) is 18.2 Å². The number of nitrogens with one attached hydrogen (secondary N) is 1. The van der Waals surface area contributed by atoms with E-state index in [-0.39, 0.29) is 6.61 Å². The van der Waals surface area contributed by atoms with Crippen LogP contribution in [0.2, 0.25) is 5.02 Å². The minimum Gasteiger partial charge on any atom is -0.445 e. The van der Waals surface area contributed by atoms with Gasteiger partial charge in [-0.05, 0) is 24.6 Å². The number of benzene rings is 1. The molecule has 0 atom stereocenters. The standard InChI is InChI=1S/C10H9Cl4NO2/c1-6-2-3-7(4-8(6)11)15-9(16)17-5-10(12,13)14/h2-4H,5H2,1H3,(H,15,16). The number of ether oxygens (including phenoxy) is 1. The summed E-state index contributed by atoms with van der Waals surface area (Å²) in [5, 5.41) is 3.01. The van der Waals surface area contributed by atoms with Gasteiger partial charge in [-0.2, -0.15) is 0 Å². The maximum atomic E-state index is 11.3. The molecule has 0 spiro atoms. The average Bonchev–Trinajstić information content (AvgIpc) is 2.20. The number of rotatable bonds is 2. The van der Waals surface area contributed by atoms with Crippen LogP contribution in [-0.2, 0) is 4.74 Å². The molecule has 0 fully saturated rings. The smallest absolute Gasteiger partial charge is 0.411 e. The topological polar surface area (TPSA) is 38.3 Å². The number of alkyl halides is 3. The van der Waals surface area contributed by atoms with Crippen LogP contribution in [0.5, 0.6) is 0 Å². The summed E-state index contributed by atoms with van der Waals surface area (Å²) < 4.78 is 3.07.